The summed E-state index contributed by atoms with van der Waals surface area (Å²) in [6.45, 7) is 4.30. The van der Waals surface area contributed by atoms with Gasteiger partial charge in [-0.15, -0.1) is 0 Å². The van der Waals surface area contributed by atoms with E-state index in [0.717, 1.165) is 29.4 Å². The summed E-state index contributed by atoms with van der Waals surface area (Å²) in [6, 6.07) is 6.00. The third-order valence-corrected chi connectivity index (χ3v) is 3.72. The molecule has 0 spiro atoms. The molecule has 0 saturated carbocycles. The van der Waals surface area contributed by atoms with Gasteiger partial charge in [-0.1, -0.05) is 55.5 Å². The number of hydrogen-bond acceptors (Lipinski definition) is 1. The summed E-state index contributed by atoms with van der Waals surface area (Å²) in [5, 5.41) is 3.02. The first-order valence-corrected chi connectivity index (χ1v) is 8.05. The van der Waals surface area contributed by atoms with E-state index in [-0.39, 0.29) is 5.91 Å². The number of hydrogen-bond donors (Lipinski definition) is 1. The fraction of sp³-hybridized carbons (Fsp3) is 0.562. The van der Waals surface area contributed by atoms with Crippen molar-refractivity contribution in [2.45, 2.75) is 58.8 Å². The molecule has 0 unspecified atom stereocenters. The van der Waals surface area contributed by atoms with E-state index in [2.05, 4.69) is 41.2 Å². The second kappa shape index (κ2) is 9.13. The molecule has 1 aromatic rings. The minimum Gasteiger partial charge on any atom is -0.326 e. The Kier molecular flexibility index (Phi) is 7.80. The lowest BCUT2D eigenvalue weighted by Crippen LogP contribution is -2.12. The van der Waals surface area contributed by atoms with E-state index >= 15 is 0 Å². The molecule has 0 atom stereocenters. The number of carbonyl (C=O) groups is 1. The molecule has 3 heteroatoms. The fourth-order valence-electron chi connectivity index (χ4n) is 2.08. The summed E-state index contributed by atoms with van der Waals surface area (Å²) >= 11 is 3.46. The number of anilines is 1. The molecule has 0 fully saturated rings. The number of halogens is 1. The quantitative estimate of drug-likeness (QED) is 0.644. The van der Waals surface area contributed by atoms with Crippen LogP contribution in [-0.2, 0) is 11.2 Å². The van der Waals surface area contributed by atoms with Crippen molar-refractivity contribution in [3.63, 3.8) is 0 Å². The average molecular weight is 326 g/mol. The molecule has 106 valence electrons. The van der Waals surface area contributed by atoms with Crippen molar-refractivity contribution in [3.05, 3.63) is 28.2 Å². The molecule has 0 saturated heterocycles. The Morgan fingerprint density at radius 1 is 1.16 bits per heavy atom. The highest BCUT2D eigenvalue weighted by Gasteiger charge is 2.06. The van der Waals surface area contributed by atoms with Gasteiger partial charge in [0.05, 0.1) is 0 Å². The van der Waals surface area contributed by atoms with Crippen molar-refractivity contribution < 1.29 is 4.79 Å². The Balaban J connectivity index is 2.39. The molecule has 0 heterocycles. The van der Waals surface area contributed by atoms with Gasteiger partial charge in [0.15, 0.2) is 0 Å². The van der Waals surface area contributed by atoms with Crippen LogP contribution in [-0.4, -0.2) is 5.91 Å². The number of benzene rings is 1. The van der Waals surface area contributed by atoms with Crippen molar-refractivity contribution in [2.75, 3.05) is 5.32 Å². The molecule has 0 radical (unpaired) electrons. The highest BCUT2D eigenvalue weighted by atomic mass is 79.9. The van der Waals surface area contributed by atoms with Gasteiger partial charge < -0.3 is 5.32 Å². The second-order valence-corrected chi connectivity index (χ2v) is 5.78. The predicted octanol–water partition coefficient (Wildman–Crippen LogP) is 5.31. The van der Waals surface area contributed by atoms with Crippen LogP contribution in [0.15, 0.2) is 22.7 Å². The van der Waals surface area contributed by atoms with Crippen LogP contribution >= 0.6 is 15.9 Å². The highest BCUT2D eigenvalue weighted by Crippen LogP contribution is 2.22. The lowest BCUT2D eigenvalue weighted by atomic mass is 10.1. The van der Waals surface area contributed by atoms with Gasteiger partial charge in [0, 0.05) is 16.6 Å². The lowest BCUT2D eigenvalue weighted by molar-refractivity contribution is -0.116. The first kappa shape index (κ1) is 16.2. The first-order chi connectivity index (χ1) is 9.17. The minimum absolute atomic E-state index is 0.133. The zero-order valence-electron chi connectivity index (χ0n) is 12.0. The first-order valence-electron chi connectivity index (χ1n) is 7.25. The number of nitrogens with one attached hydrogen (secondary N) is 1. The minimum atomic E-state index is 0.133. The van der Waals surface area contributed by atoms with Gasteiger partial charge in [-0.2, -0.15) is 0 Å². The fourth-order valence-corrected chi connectivity index (χ4v) is 2.49. The van der Waals surface area contributed by atoms with Gasteiger partial charge in [0.25, 0.3) is 0 Å². The average Bonchev–Trinajstić information content (AvgIpc) is 2.40. The van der Waals surface area contributed by atoms with Gasteiger partial charge in [0.2, 0.25) is 5.91 Å². The maximum atomic E-state index is 11.9. The summed E-state index contributed by atoms with van der Waals surface area (Å²) in [5.74, 6) is 0.133. The van der Waals surface area contributed by atoms with E-state index in [4.69, 9.17) is 0 Å². The van der Waals surface area contributed by atoms with Gasteiger partial charge in [0.1, 0.15) is 0 Å². The Bertz CT molecular complexity index is 404. The van der Waals surface area contributed by atoms with E-state index in [1.54, 1.807) is 0 Å². The predicted molar refractivity (Wildman–Crippen MR) is 85.5 cm³/mol. The van der Waals surface area contributed by atoms with E-state index in [9.17, 15) is 4.79 Å². The Labute approximate surface area is 125 Å². The number of unbranched alkanes of at least 4 members (excludes halogenated alkanes) is 4. The van der Waals surface area contributed by atoms with E-state index < -0.39 is 0 Å². The van der Waals surface area contributed by atoms with Crippen molar-refractivity contribution >= 4 is 27.5 Å². The summed E-state index contributed by atoms with van der Waals surface area (Å²) in [5.41, 5.74) is 2.12. The molecule has 1 N–H and O–H groups in total. The normalized spacial score (nSPS) is 10.5. The molecule has 19 heavy (non-hydrogen) atoms. The van der Waals surface area contributed by atoms with Gasteiger partial charge >= 0.3 is 0 Å². The zero-order chi connectivity index (χ0) is 14.1. The van der Waals surface area contributed by atoms with Gasteiger partial charge in [-0.3, -0.25) is 4.79 Å². The summed E-state index contributed by atoms with van der Waals surface area (Å²) in [7, 11) is 0. The third kappa shape index (κ3) is 6.24. The van der Waals surface area contributed by atoms with E-state index in [1.807, 2.05) is 12.1 Å². The topological polar surface area (TPSA) is 29.1 Å². The Hall–Kier alpha value is -0.830. The van der Waals surface area contributed by atoms with Crippen molar-refractivity contribution in [2.24, 2.45) is 0 Å². The van der Waals surface area contributed by atoms with Crippen LogP contribution in [0.5, 0.6) is 0 Å². The molecule has 0 aliphatic rings. The Morgan fingerprint density at radius 3 is 2.58 bits per heavy atom. The molecule has 1 aromatic carbocycles. The van der Waals surface area contributed by atoms with Crippen molar-refractivity contribution in [3.8, 4) is 0 Å². The standard InChI is InChI=1S/C16H24BrNO/c1-3-5-6-7-8-9-16(19)18-15-11-10-14(17)12-13(15)4-2/h10-12H,3-9H2,1-2H3,(H,18,19). The number of aryl methyl sites for hydroxylation is 1. The smallest absolute Gasteiger partial charge is 0.224 e. The van der Waals surface area contributed by atoms with E-state index in [1.165, 1.54) is 24.8 Å². The SMILES string of the molecule is CCCCCCCC(=O)Nc1ccc(Br)cc1CC. The molecule has 1 amide bonds. The second-order valence-electron chi connectivity index (χ2n) is 4.87. The third-order valence-electron chi connectivity index (χ3n) is 3.23. The summed E-state index contributed by atoms with van der Waals surface area (Å²) in [6.07, 6.45) is 7.45. The van der Waals surface area contributed by atoms with Crippen molar-refractivity contribution in [1.82, 2.24) is 0 Å². The maximum Gasteiger partial charge on any atom is 0.224 e. The van der Waals surface area contributed by atoms with Crippen LogP contribution in [0.3, 0.4) is 0 Å². The number of amides is 1. The monoisotopic (exact) mass is 325 g/mol. The van der Waals surface area contributed by atoms with Crippen LogP contribution in [0, 0.1) is 0 Å². The van der Waals surface area contributed by atoms with Gasteiger partial charge in [-0.05, 0) is 36.6 Å². The van der Waals surface area contributed by atoms with Crippen LogP contribution in [0.2, 0.25) is 0 Å². The molecule has 1 rings (SSSR count). The largest absolute Gasteiger partial charge is 0.326 e. The molecule has 0 aromatic heterocycles. The Morgan fingerprint density at radius 2 is 1.89 bits per heavy atom. The van der Waals surface area contributed by atoms with Crippen LogP contribution < -0.4 is 5.32 Å². The lowest BCUT2D eigenvalue weighted by Gasteiger charge is -2.10. The summed E-state index contributed by atoms with van der Waals surface area (Å²) in [4.78, 5) is 11.9. The molecule has 0 bridgehead atoms. The van der Waals surface area contributed by atoms with Crippen LogP contribution in [0.1, 0.15) is 57.9 Å². The molecular formula is C16H24BrNO. The molecule has 2 nitrogen and oxygen atoms in total. The number of rotatable bonds is 8. The molecule has 0 aliphatic heterocycles. The molecule has 0 aliphatic carbocycles. The zero-order valence-corrected chi connectivity index (χ0v) is 13.6. The maximum absolute atomic E-state index is 11.9. The van der Waals surface area contributed by atoms with E-state index in [0.29, 0.717) is 6.42 Å². The van der Waals surface area contributed by atoms with Crippen LogP contribution in [0.4, 0.5) is 5.69 Å². The highest BCUT2D eigenvalue weighted by molar-refractivity contribution is 9.10. The molecular weight excluding hydrogens is 302 g/mol. The van der Waals surface area contributed by atoms with Crippen molar-refractivity contribution in [1.29, 1.82) is 0 Å². The van der Waals surface area contributed by atoms with Gasteiger partial charge in [-0.25, -0.2) is 0 Å². The van der Waals surface area contributed by atoms with Crippen LogP contribution in [0.25, 0.3) is 0 Å². The summed E-state index contributed by atoms with van der Waals surface area (Å²) < 4.78 is 1.06. The number of carbonyl (C=O) groups excluding carboxylic acids is 1.